The quantitative estimate of drug-likeness (QED) is 0.398. The number of hydrogen-bond donors (Lipinski definition) is 0. The first-order chi connectivity index (χ1) is 3.41. The first-order valence-electron chi connectivity index (χ1n) is 2.28. The van der Waals surface area contributed by atoms with E-state index >= 15 is 0 Å². The third-order valence-electron chi connectivity index (χ3n) is 0.451. The number of thioether (sulfide) groups is 1. The molecule has 0 aliphatic carbocycles. The van der Waals surface area contributed by atoms with Crippen LogP contribution in [-0.4, -0.2) is 5.75 Å². The average molecular weight is 113 g/mol. The van der Waals surface area contributed by atoms with Crippen molar-refractivity contribution in [3.63, 3.8) is 0 Å². The van der Waals surface area contributed by atoms with E-state index in [-0.39, 0.29) is 0 Å². The first kappa shape index (κ1) is 6.91. The number of rotatable bonds is 3. The van der Waals surface area contributed by atoms with Gasteiger partial charge in [-0.05, 0) is 6.42 Å². The molecule has 7 heavy (non-hydrogen) atoms. The van der Waals surface area contributed by atoms with Gasteiger partial charge in [0.15, 0.2) is 0 Å². The van der Waals surface area contributed by atoms with E-state index in [4.69, 9.17) is 6.42 Å². The fraction of sp³-hybridized carbons (Fsp3) is 0.500. The van der Waals surface area contributed by atoms with Gasteiger partial charge in [-0.15, -0.1) is 18.2 Å². The summed E-state index contributed by atoms with van der Waals surface area (Å²) in [5.41, 5.74) is 0. The van der Waals surface area contributed by atoms with Crippen molar-refractivity contribution in [1.29, 1.82) is 0 Å². The largest absolute Gasteiger partial charge is 0.144 e. The molecule has 0 nitrogen and oxygen atoms in total. The van der Waals surface area contributed by atoms with Gasteiger partial charge in [0.1, 0.15) is 0 Å². The van der Waals surface area contributed by atoms with E-state index in [1.54, 1.807) is 11.8 Å². The molecule has 0 aliphatic heterocycles. The van der Waals surface area contributed by atoms with Gasteiger partial charge in [0, 0.05) is 5.75 Å². The smallest absolute Gasteiger partial charge is 0.0548 e. The Labute approximate surface area is 49.7 Å². The topological polar surface area (TPSA) is 0 Å². The van der Waals surface area contributed by atoms with Crippen LogP contribution in [0.1, 0.15) is 13.3 Å². The molecule has 0 aliphatic rings. The van der Waals surface area contributed by atoms with Gasteiger partial charge in [0.2, 0.25) is 0 Å². The summed E-state index contributed by atoms with van der Waals surface area (Å²) >= 11 is 1.69. The molecule has 0 heterocycles. The maximum absolute atomic E-state index is 4.98. The Bertz CT molecular complexity index is 61.1. The molecular weight excluding hydrogens is 104 g/mol. The highest BCUT2D eigenvalue weighted by atomic mass is 32.2. The molecular formula is C6H9S. The van der Waals surface area contributed by atoms with Crippen molar-refractivity contribution in [1.82, 2.24) is 0 Å². The predicted octanol–water partition coefficient (Wildman–Crippen LogP) is 1.92. The maximum atomic E-state index is 4.98. The molecule has 0 amide bonds. The van der Waals surface area contributed by atoms with Crippen molar-refractivity contribution in [2.45, 2.75) is 13.3 Å². The third kappa shape index (κ3) is 5.91. The number of terminal acetylenes is 1. The van der Waals surface area contributed by atoms with Crippen LogP contribution in [0, 0.1) is 18.1 Å². The second-order valence-electron chi connectivity index (χ2n) is 1.09. The standard InChI is InChI=1S/C6H9S/c1-3-5-7-6-4-2/h1,6H,4-5H2,2H3. The second-order valence-corrected chi connectivity index (χ2v) is 2.05. The van der Waals surface area contributed by atoms with Crippen molar-refractivity contribution in [3.05, 3.63) is 5.75 Å². The van der Waals surface area contributed by atoms with Crippen molar-refractivity contribution in [2.24, 2.45) is 0 Å². The zero-order chi connectivity index (χ0) is 5.54. The van der Waals surface area contributed by atoms with Gasteiger partial charge >= 0.3 is 0 Å². The minimum absolute atomic E-state index is 0.813. The highest BCUT2D eigenvalue weighted by Crippen LogP contribution is 2.05. The molecule has 0 rings (SSSR count). The van der Waals surface area contributed by atoms with Gasteiger partial charge in [-0.2, -0.15) is 0 Å². The summed E-state index contributed by atoms with van der Waals surface area (Å²) in [5.74, 6) is 5.46. The van der Waals surface area contributed by atoms with Gasteiger partial charge in [0.05, 0.1) is 5.75 Å². The maximum Gasteiger partial charge on any atom is 0.0548 e. The highest BCUT2D eigenvalue weighted by Gasteiger charge is 1.78. The predicted molar refractivity (Wildman–Crippen MR) is 35.9 cm³/mol. The van der Waals surface area contributed by atoms with E-state index in [9.17, 15) is 0 Å². The van der Waals surface area contributed by atoms with E-state index < -0.39 is 0 Å². The van der Waals surface area contributed by atoms with Gasteiger partial charge in [-0.3, -0.25) is 0 Å². The summed E-state index contributed by atoms with van der Waals surface area (Å²) in [6.45, 7) is 2.10. The number of hydrogen-bond acceptors (Lipinski definition) is 1. The summed E-state index contributed by atoms with van der Waals surface area (Å²) in [6.07, 6.45) is 6.08. The van der Waals surface area contributed by atoms with Crippen molar-refractivity contribution in [2.75, 3.05) is 5.75 Å². The van der Waals surface area contributed by atoms with Crippen molar-refractivity contribution >= 4 is 11.8 Å². The zero-order valence-electron chi connectivity index (χ0n) is 4.48. The molecule has 0 aromatic rings. The lowest BCUT2D eigenvalue weighted by molar-refractivity contribution is 1.20. The summed E-state index contributed by atoms with van der Waals surface area (Å²) in [5, 5.41) is 0. The van der Waals surface area contributed by atoms with Gasteiger partial charge in [-0.25, -0.2) is 0 Å². The summed E-state index contributed by atoms with van der Waals surface area (Å²) in [4.78, 5) is 0. The molecule has 0 atom stereocenters. The highest BCUT2D eigenvalue weighted by molar-refractivity contribution is 8.01. The van der Waals surface area contributed by atoms with E-state index in [1.165, 1.54) is 0 Å². The molecule has 39 valence electrons. The van der Waals surface area contributed by atoms with Gasteiger partial charge in [0.25, 0.3) is 0 Å². The molecule has 0 fully saturated rings. The fourth-order valence-corrected chi connectivity index (χ4v) is 0.675. The van der Waals surface area contributed by atoms with E-state index in [1.807, 2.05) is 0 Å². The second kappa shape index (κ2) is 5.91. The summed E-state index contributed by atoms with van der Waals surface area (Å²) in [7, 11) is 0. The molecule has 0 bridgehead atoms. The fourth-order valence-electron chi connectivity index (χ4n) is 0.225. The van der Waals surface area contributed by atoms with Crippen LogP contribution in [0.4, 0.5) is 0 Å². The molecule has 0 saturated heterocycles. The molecule has 0 aromatic heterocycles. The van der Waals surface area contributed by atoms with Gasteiger partial charge in [-0.1, -0.05) is 12.8 Å². The molecule has 0 unspecified atom stereocenters. The lowest BCUT2D eigenvalue weighted by Gasteiger charge is -1.86. The monoisotopic (exact) mass is 113 g/mol. The van der Waals surface area contributed by atoms with Crippen LogP contribution < -0.4 is 0 Å². The Hall–Kier alpha value is -0.0900. The van der Waals surface area contributed by atoms with Crippen LogP contribution >= 0.6 is 11.8 Å². The zero-order valence-corrected chi connectivity index (χ0v) is 5.29. The Morgan fingerprint density at radius 3 is 3.00 bits per heavy atom. The molecule has 0 saturated carbocycles. The Morgan fingerprint density at radius 1 is 1.86 bits per heavy atom. The average Bonchev–Trinajstić information content (AvgIpc) is 1.69. The van der Waals surface area contributed by atoms with E-state index in [0.29, 0.717) is 0 Å². The lowest BCUT2D eigenvalue weighted by atomic mass is 10.6. The van der Waals surface area contributed by atoms with Crippen LogP contribution in [0.15, 0.2) is 0 Å². The van der Waals surface area contributed by atoms with Gasteiger partial charge < -0.3 is 0 Å². The Kier molecular flexibility index (Phi) is 5.83. The Morgan fingerprint density at radius 2 is 2.57 bits per heavy atom. The van der Waals surface area contributed by atoms with Crippen LogP contribution in [0.2, 0.25) is 0 Å². The van der Waals surface area contributed by atoms with E-state index in [0.717, 1.165) is 12.2 Å². The molecule has 1 heteroatoms. The van der Waals surface area contributed by atoms with Crippen molar-refractivity contribution < 1.29 is 0 Å². The molecule has 0 spiro atoms. The van der Waals surface area contributed by atoms with Crippen LogP contribution in [0.5, 0.6) is 0 Å². The molecule has 0 N–H and O–H groups in total. The molecule has 0 aromatic carbocycles. The summed E-state index contributed by atoms with van der Waals surface area (Å²) in [6, 6.07) is 0. The lowest BCUT2D eigenvalue weighted by Crippen LogP contribution is -1.67. The van der Waals surface area contributed by atoms with Crippen molar-refractivity contribution in [3.8, 4) is 12.3 Å². The van der Waals surface area contributed by atoms with Crippen LogP contribution in [0.3, 0.4) is 0 Å². The third-order valence-corrected chi connectivity index (χ3v) is 1.35. The van der Waals surface area contributed by atoms with Crippen LogP contribution in [-0.2, 0) is 0 Å². The summed E-state index contributed by atoms with van der Waals surface area (Å²) < 4.78 is 0. The SMILES string of the molecule is C#CCS[CH]CC. The normalized spacial score (nSPS) is 8.00. The minimum Gasteiger partial charge on any atom is -0.144 e. The van der Waals surface area contributed by atoms with E-state index in [2.05, 4.69) is 18.6 Å². The first-order valence-corrected chi connectivity index (χ1v) is 3.33. The van der Waals surface area contributed by atoms with Crippen LogP contribution in [0.25, 0.3) is 0 Å². The minimum atomic E-state index is 0.813. The Balaban J connectivity index is 2.60. The molecule has 1 radical (unpaired) electrons.